The summed E-state index contributed by atoms with van der Waals surface area (Å²) in [6, 6.07) is 22.0. The first-order chi connectivity index (χ1) is 10.8. The summed E-state index contributed by atoms with van der Waals surface area (Å²) in [4.78, 5) is 4.36. The van der Waals surface area contributed by atoms with E-state index in [4.69, 9.17) is 16.0 Å². The zero-order valence-corrected chi connectivity index (χ0v) is 12.4. The van der Waals surface area contributed by atoms with Crippen LogP contribution in [0.15, 0.2) is 77.3 Å². The maximum atomic E-state index is 5.90. The van der Waals surface area contributed by atoms with Crippen LogP contribution in [0.5, 0.6) is 0 Å². The van der Waals surface area contributed by atoms with Crippen LogP contribution in [0.3, 0.4) is 0 Å². The Bertz CT molecular complexity index is 941. The Kier molecular flexibility index (Phi) is 3.17. The Morgan fingerprint density at radius 1 is 0.773 bits per heavy atom. The highest BCUT2D eigenvalue weighted by molar-refractivity contribution is 6.30. The monoisotopic (exact) mass is 305 g/mol. The van der Waals surface area contributed by atoms with Crippen molar-refractivity contribution in [2.24, 2.45) is 0 Å². The van der Waals surface area contributed by atoms with Crippen molar-refractivity contribution in [3.05, 3.63) is 77.9 Å². The van der Waals surface area contributed by atoms with Crippen LogP contribution in [-0.4, -0.2) is 4.98 Å². The van der Waals surface area contributed by atoms with Gasteiger partial charge in [-0.3, -0.25) is 0 Å². The molecule has 0 radical (unpaired) electrons. The predicted octanol–water partition coefficient (Wildman–Crippen LogP) is 5.82. The third-order valence-corrected chi connectivity index (χ3v) is 3.88. The molecule has 1 heterocycles. The van der Waals surface area contributed by atoms with Crippen LogP contribution in [0, 0.1) is 0 Å². The van der Waals surface area contributed by atoms with E-state index in [0.717, 1.165) is 16.9 Å². The molecule has 3 aromatic carbocycles. The number of rotatable bonds is 2. The SMILES string of the molecule is Clc1ccc(-c2ncc(-c3ccc4ccccc4c3)o2)cc1. The number of hydrogen-bond acceptors (Lipinski definition) is 2. The molecule has 3 heteroatoms. The van der Waals surface area contributed by atoms with Crippen LogP contribution in [0.25, 0.3) is 33.6 Å². The number of benzene rings is 3. The topological polar surface area (TPSA) is 26.0 Å². The van der Waals surface area contributed by atoms with E-state index in [2.05, 4.69) is 35.3 Å². The second-order valence-electron chi connectivity index (χ2n) is 5.10. The molecule has 0 aliphatic carbocycles. The van der Waals surface area contributed by atoms with E-state index in [1.165, 1.54) is 10.8 Å². The highest BCUT2D eigenvalue weighted by atomic mass is 35.5. The first-order valence-electron chi connectivity index (χ1n) is 7.00. The average Bonchev–Trinajstić information content (AvgIpc) is 3.05. The van der Waals surface area contributed by atoms with E-state index in [9.17, 15) is 0 Å². The Labute approximate surface area is 133 Å². The van der Waals surface area contributed by atoms with Gasteiger partial charge in [-0.2, -0.15) is 0 Å². The van der Waals surface area contributed by atoms with E-state index >= 15 is 0 Å². The predicted molar refractivity (Wildman–Crippen MR) is 89.9 cm³/mol. The van der Waals surface area contributed by atoms with E-state index < -0.39 is 0 Å². The van der Waals surface area contributed by atoms with Crippen LogP contribution < -0.4 is 0 Å². The lowest BCUT2D eigenvalue weighted by molar-refractivity contribution is 0.589. The fourth-order valence-corrected chi connectivity index (χ4v) is 2.60. The first-order valence-corrected chi connectivity index (χ1v) is 7.38. The standard InChI is InChI=1S/C19H12ClNO/c20-17-9-7-14(8-10-17)19-21-12-18(22-19)16-6-5-13-3-1-2-4-15(13)11-16/h1-12H. The van der Waals surface area contributed by atoms with Gasteiger partial charge in [-0.1, -0.05) is 48.0 Å². The number of hydrogen-bond donors (Lipinski definition) is 0. The van der Waals surface area contributed by atoms with Gasteiger partial charge in [0.1, 0.15) is 0 Å². The molecule has 4 aromatic rings. The summed E-state index contributed by atoms with van der Waals surface area (Å²) in [6.07, 6.45) is 1.76. The molecule has 4 rings (SSSR count). The molecule has 0 spiro atoms. The lowest BCUT2D eigenvalue weighted by Gasteiger charge is -2.00. The summed E-state index contributed by atoms with van der Waals surface area (Å²) >= 11 is 5.90. The summed E-state index contributed by atoms with van der Waals surface area (Å²) in [5.41, 5.74) is 1.93. The largest absolute Gasteiger partial charge is 0.436 e. The molecule has 0 N–H and O–H groups in total. The highest BCUT2D eigenvalue weighted by Gasteiger charge is 2.09. The van der Waals surface area contributed by atoms with Crippen LogP contribution in [0.4, 0.5) is 0 Å². The number of fused-ring (bicyclic) bond motifs is 1. The van der Waals surface area contributed by atoms with Crippen molar-refractivity contribution in [2.45, 2.75) is 0 Å². The molecule has 0 saturated carbocycles. The van der Waals surface area contributed by atoms with Gasteiger partial charge in [-0.15, -0.1) is 0 Å². The number of halogens is 1. The normalized spacial score (nSPS) is 11.0. The van der Waals surface area contributed by atoms with Crippen LogP contribution in [0.1, 0.15) is 0 Å². The summed E-state index contributed by atoms with van der Waals surface area (Å²) in [7, 11) is 0. The molecule has 0 aliphatic heterocycles. The molecule has 22 heavy (non-hydrogen) atoms. The van der Waals surface area contributed by atoms with Gasteiger partial charge in [0.15, 0.2) is 5.76 Å². The van der Waals surface area contributed by atoms with Crippen molar-refractivity contribution in [1.82, 2.24) is 4.98 Å². The Hall–Kier alpha value is -2.58. The van der Waals surface area contributed by atoms with Gasteiger partial charge in [0.05, 0.1) is 6.20 Å². The lowest BCUT2D eigenvalue weighted by Crippen LogP contribution is -1.76. The molecule has 0 bridgehead atoms. The summed E-state index contributed by atoms with van der Waals surface area (Å²) in [5, 5.41) is 3.10. The minimum atomic E-state index is 0.597. The minimum Gasteiger partial charge on any atom is -0.436 e. The molecule has 106 valence electrons. The number of nitrogens with zero attached hydrogens (tertiary/aromatic N) is 1. The summed E-state index contributed by atoms with van der Waals surface area (Å²) in [5.74, 6) is 1.36. The Morgan fingerprint density at radius 2 is 1.50 bits per heavy atom. The molecular formula is C19H12ClNO. The van der Waals surface area contributed by atoms with Crippen molar-refractivity contribution < 1.29 is 4.42 Å². The van der Waals surface area contributed by atoms with Gasteiger partial charge in [-0.05, 0) is 41.1 Å². The molecule has 0 fully saturated rings. The molecule has 0 amide bonds. The van der Waals surface area contributed by atoms with Crippen molar-refractivity contribution >= 4 is 22.4 Å². The molecule has 0 saturated heterocycles. The highest BCUT2D eigenvalue weighted by Crippen LogP contribution is 2.28. The summed E-state index contributed by atoms with van der Waals surface area (Å²) in [6.45, 7) is 0. The maximum Gasteiger partial charge on any atom is 0.226 e. The second kappa shape index (κ2) is 5.32. The quantitative estimate of drug-likeness (QED) is 0.466. The molecule has 0 atom stereocenters. The molecule has 1 aromatic heterocycles. The van der Waals surface area contributed by atoms with Gasteiger partial charge in [-0.25, -0.2) is 4.98 Å². The summed E-state index contributed by atoms with van der Waals surface area (Å²) < 4.78 is 5.89. The van der Waals surface area contributed by atoms with Gasteiger partial charge in [0, 0.05) is 16.1 Å². The van der Waals surface area contributed by atoms with Crippen molar-refractivity contribution in [2.75, 3.05) is 0 Å². The minimum absolute atomic E-state index is 0.597. The number of oxazole rings is 1. The zero-order valence-electron chi connectivity index (χ0n) is 11.7. The van der Waals surface area contributed by atoms with E-state index in [1.54, 1.807) is 6.20 Å². The van der Waals surface area contributed by atoms with Gasteiger partial charge >= 0.3 is 0 Å². The Morgan fingerprint density at radius 3 is 2.32 bits per heavy atom. The molecule has 2 nitrogen and oxygen atoms in total. The fraction of sp³-hybridized carbons (Fsp3) is 0. The molecule has 0 aliphatic rings. The first kappa shape index (κ1) is 13.1. The van der Waals surface area contributed by atoms with Gasteiger partial charge in [0.2, 0.25) is 5.89 Å². The third kappa shape index (κ3) is 2.38. The zero-order chi connectivity index (χ0) is 14.9. The third-order valence-electron chi connectivity index (χ3n) is 3.63. The van der Waals surface area contributed by atoms with E-state index in [-0.39, 0.29) is 0 Å². The van der Waals surface area contributed by atoms with Crippen LogP contribution in [-0.2, 0) is 0 Å². The Balaban J connectivity index is 1.74. The van der Waals surface area contributed by atoms with Crippen LogP contribution in [0.2, 0.25) is 5.02 Å². The van der Waals surface area contributed by atoms with E-state index in [0.29, 0.717) is 10.9 Å². The fourth-order valence-electron chi connectivity index (χ4n) is 2.48. The van der Waals surface area contributed by atoms with Crippen LogP contribution >= 0.6 is 11.6 Å². The number of aromatic nitrogens is 1. The smallest absolute Gasteiger partial charge is 0.226 e. The lowest BCUT2D eigenvalue weighted by atomic mass is 10.1. The average molecular weight is 306 g/mol. The van der Waals surface area contributed by atoms with Gasteiger partial charge < -0.3 is 4.42 Å². The van der Waals surface area contributed by atoms with Crippen molar-refractivity contribution in [1.29, 1.82) is 0 Å². The second-order valence-corrected chi connectivity index (χ2v) is 5.53. The molecule has 0 unspecified atom stereocenters. The van der Waals surface area contributed by atoms with Crippen molar-refractivity contribution in [3.63, 3.8) is 0 Å². The van der Waals surface area contributed by atoms with Crippen molar-refractivity contribution in [3.8, 4) is 22.8 Å². The molecular weight excluding hydrogens is 294 g/mol. The van der Waals surface area contributed by atoms with E-state index in [1.807, 2.05) is 36.4 Å². The van der Waals surface area contributed by atoms with Gasteiger partial charge in [0.25, 0.3) is 0 Å². The maximum absolute atomic E-state index is 5.90.